The summed E-state index contributed by atoms with van der Waals surface area (Å²) in [5, 5.41) is 12.0. The van der Waals surface area contributed by atoms with Crippen LogP contribution in [0.2, 0.25) is 0 Å². The van der Waals surface area contributed by atoms with Crippen molar-refractivity contribution in [2.45, 2.75) is 25.7 Å². The van der Waals surface area contributed by atoms with Crippen molar-refractivity contribution in [3.05, 3.63) is 35.9 Å². The molecule has 0 aliphatic rings. The molecular weight excluding hydrogens is 218 g/mol. The summed E-state index contributed by atoms with van der Waals surface area (Å²) in [6, 6.07) is 9.00. The first kappa shape index (κ1) is 13.2. The van der Waals surface area contributed by atoms with E-state index in [1.54, 1.807) is 24.3 Å². The number of carboxylic acid groups (broad SMARTS) is 1. The third-order valence-corrected chi connectivity index (χ3v) is 2.98. The summed E-state index contributed by atoms with van der Waals surface area (Å²) in [6.45, 7) is 3.30. The van der Waals surface area contributed by atoms with Crippen LogP contribution in [0.5, 0.6) is 0 Å². The average Bonchev–Trinajstić information content (AvgIpc) is 2.31. The Labute approximate surface area is 101 Å². The van der Waals surface area contributed by atoms with E-state index in [0.717, 1.165) is 0 Å². The summed E-state index contributed by atoms with van der Waals surface area (Å²) in [4.78, 5) is 22.5. The molecule has 92 valence electrons. The Balaban J connectivity index is 3.09. The summed E-state index contributed by atoms with van der Waals surface area (Å²) >= 11 is 0. The summed E-state index contributed by atoms with van der Waals surface area (Å²) in [7, 11) is 0. The smallest absolute Gasteiger partial charge is 0.315 e. The molecule has 1 aromatic carbocycles. The molecule has 0 heterocycles. The zero-order valence-electron chi connectivity index (χ0n) is 10.1. The predicted molar refractivity (Wildman–Crippen MR) is 64.7 cm³/mol. The van der Waals surface area contributed by atoms with Crippen LogP contribution in [-0.4, -0.2) is 23.5 Å². The Morgan fingerprint density at radius 3 is 2.29 bits per heavy atom. The summed E-state index contributed by atoms with van der Waals surface area (Å²) in [5.74, 6) is -1.14. The number of hydrogen-bond acceptors (Lipinski definition) is 2. The topological polar surface area (TPSA) is 66.4 Å². The molecule has 0 aliphatic carbocycles. The Bertz CT molecular complexity index is 402. The lowest BCUT2D eigenvalue weighted by molar-refractivity contribution is -0.144. The van der Waals surface area contributed by atoms with Gasteiger partial charge in [0.05, 0.1) is 0 Å². The van der Waals surface area contributed by atoms with Crippen molar-refractivity contribution in [3.8, 4) is 0 Å². The zero-order valence-corrected chi connectivity index (χ0v) is 10.1. The van der Waals surface area contributed by atoms with Crippen molar-refractivity contribution in [1.82, 2.24) is 5.32 Å². The first-order valence-corrected chi connectivity index (χ1v) is 5.56. The number of carbonyl (C=O) groups excluding carboxylic acids is 1. The molecule has 4 heteroatoms. The Morgan fingerprint density at radius 1 is 1.29 bits per heavy atom. The van der Waals surface area contributed by atoms with Crippen LogP contribution in [0.3, 0.4) is 0 Å². The number of hydrogen-bond donors (Lipinski definition) is 2. The minimum Gasteiger partial charge on any atom is -0.481 e. The van der Waals surface area contributed by atoms with Crippen LogP contribution < -0.4 is 5.32 Å². The Hall–Kier alpha value is -1.84. The van der Waals surface area contributed by atoms with Gasteiger partial charge in [0.2, 0.25) is 5.91 Å². The molecule has 1 unspecified atom stereocenters. The van der Waals surface area contributed by atoms with E-state index in [9.17, 15) is 14.7 Å². The van der Waals surface area contributed by atoms with Gasteiger partial charge in [0.25, 0.3) is 0 Å². The molecule has 0 aliphatic heterocycles. The highest BCUT2D eigenvalue weighted by Gasteiger charge is 2.38. The van der Waals surface area contributed by atoms with E-state index in [1.807, 2.05) is 13.0 Å². The van der Waals surface area contributed by atoms with Gasteiger partial charge in [-0.05, 0) is 12.0 Å². The second-order valence-corrected chi connectivity index (χ2v) is 4.02. The fraction of sp³-hybridized carbons (Fsp3) is 0.385. The first-order valence-electron chi connectivity index (χ1n) is 5.56. The minimum absolute atomic E-state index is 0.109. The highest BCUT2D eigenvalue weighted by molar-refractivity contribution is 5.83. The molecule has 17 heavy (non-hydrogen) atoms. The predicted octanol–water partition coefficient (Wildman–Crippen LogP) is 1.56. The van der Waals surface area contributed by atoms with E-state index >= 15 is 0 Å². The maximum atomic E-state index is 11.5. The standard InChI is InChI=1S/C13H17NO3/c1-3-13(12(16)17,9-14-10(2)15)11-7-5-4-6-8-11/h4-8H,3,9H2,1-2H3,(H,14,15)(H,16,17). The number of rotatable bonds is 5. The number of carbonyl (C=O) groups is 2. The van der Waals surface area contributed by atoms with E-state index in [2.05, 4.69) is 5.32 Å². The fourth-order valence-electron chi connectivity index (χ4n) is 1.81. The number of carboxylic acids is 1. The molecule has 0 aromatic heterocycles. The van der Waals surface area contributed by atoms with Crippen LogP contribution in [0, 0.1) is 0 Å². The molecule has 0 saturated carbocycles. The SMILES string of the molecule is CCC(CNC(C)=O)(C(=O)O)c1ccccc1. The van der Waals surface area contributed by atoms with Crippen molar-refractivity contribution < 1.29 is 14.7 Å². The fourth-order valence-corrected chi connectivity index (χ4v) is 1.81. The first-order chi connectivity index (χ1) is 8.03. The molecule has 0 radical (unpaired) electrons. The molecule has 0 saturated heterocycles. The second-order valence-electron chi connectivity index (χ2n) is 4.02. The molecule has 0 spiro atoms. The average molecular weight is 235 g/mol. The van der Waals surface area contributed by atoms with Crippen molar-refractivity contribution >= 4 is 11.9 Å². The third kappa shape index (κ3) is 2.84. The van der Waals surface area contributed by atoms with Gasteiger partial charge in [0.15, 0.2) is 0 Å². The van der Waals surface area contributed by atoms with Crippen LogP contribution in [0.25, 0.3) is 0 Å². The number of nitrogens with one attached hydrogen (secondary N) is 1. The molecule has 2 N–H and O–H groups in total. The van der Waals surface area contributed by atoms with Crippen LogP contribution in [0.1, 0.15) is 25.8 Å². The number of aliphatic carboxylic acids is 1. The van der Waals surface area contributed by atoms with Crippen molar-refractivity contribution in [1.29, 1.82) is 0 Å². The van der Waals surface area contributed by atoms with Gasteiger partial charge >= 0.3 is 5.97 Å². The Morgan fingerprint density at radius 2 is 1.88 bits per heavy atom. The number of amides is 1. The monoisotopic (exact) mass is 235 g/mol. The van der Waals surface area contributed by atoms with Crippen molar-refractivity contribution in [3.63, 3.8) is 0 Å². The largest absolute Gasteiger partial charge is 0.481 e. The maximum Gasteiger partial charge on any atom is 0.315 e. The minimum atomic E-state index is -1.05. The van der Waals surface area contributed by atoms with Crippen molar-refractivity contribution in [2.75, 3.05) is 6.54 Å². The quantitative estimate of drug-likeness (QED) is 0.813. The lowest BCUT2D eigenvalue weighted by Gasteiger charge is -2.28. The van der Waals surface area contributed by atoms with E-state index in [4.69, 9.17) is 0 Å². The van der Waals surface area contributed by atoms with E-state index in [-0.39, 0.29) is 12.5 Å². The zero-order chi connectivity index (χ0) is 12.9. The van der Waals surface area contributed by atoms with Crippen LogP contribution in [0.4, 0.5) is 0 Å². The summed E-state index contributed by atoms with van der Waals surface area (Å²) < 4.78 is 0. The normalized spacial score (nSPS) is 13.8. The van der Waals surface area contributed by atoms with Crippen LogP contribution in [0.15, 0.2) is 30.3 Å². The lowest BCUT2D eigenvalue weighted by Crippen LogP contribution is -2.45. The van der Waals surface area contributed by atoms with Gasteiger partial charge < -0.3 is 10.4 Å². The van der Waals surface area contributed by atoms with Gasteiger partial charge in [-0.25, -0.2) is 0 Å². The van der Waals surface area contributed by atoms with E-state index < -0.39 is 11.4 Å². The molecular formula is C13H17NO3. The lowest BCUT2D eigenvalue weighted by atomic mass is 9.78. The summed E-state index contributed by atoms with van der Waals surface area (Å²) in [6.07, 6.45) is 0.423. The maximum absolute atomic E-state index is 11.5. The Kier molecular flexibility index (Phi) is 4.26. The molecule has 0 bridgehead atoms. The van der Waals surface area contributed by atoms with Gasteiger partial charge in [-0.1, -0.05) is 37.3 Å². The molecule has 4 nitrogen and oxygen atoms in total. The van der Waals surface area contributed by atoms with Crippen LogP contribution in [-0.2, 0) is 15.0 Å². The van der Waals surface area contributed by atoms with E-state index in [0.29, 0.717) is 12.0 Å². The third-order valence-electron chi connectivity index (χ3n) is 2.98. The molecule has 1 rings (SSSR count). The molecule has 0 fully saturated rings. The molecule has 1 atom stereocenters. The van der Waals surface area contributed by atoms with Crippen molar-refractivity contribution in [2.24, 2.45) is 0 Å². The second kappa shape index (κ2) is 5.48. The van der Waals surface area contributed by atoms with Gasteiger partial charge in [-0.2, -0.15) is 0 Å². The molecule has 1 aromatic rings. The molecule has 1 amide bonds. The highest BCUT2D eigenvalue weighted by Crippen LogP contribution is 2.27. The highest BCUT2D eigenvalue weighted by atomic mass is 16.4. The van der Waals surface area contributed by atoms with Gasteiger partial charge in [-0.3, -0.25) is 9.59 Å². The van der Waals surface area contributed by atoms with Gasteiger partial charge in [0.1, 0.15) is 5.41 Å². The van der Waals surface area contributed by atoms with Gasteiger partial charge in [0, 0.05) is 13.5 Å². The number of benzene rings is 1. The van der Waals surface area contributed by atoms with Crippen LogP contribution >= 0.6 is 0 Å². The van der Waals surface area contributed by atoms with Gasteiger partial charge in [-0.15, -0.1) is 0 Å². The summed E-state index contributed by atoms with van der Waals surface area (Å²) in [5.41, 5.74) is -0.337. The van der Waals surface area contributed by atoms with E-state index in [1.165, 1.54) is 6.92 Å².